The van der Waals surface area contributed by atoms with Gasteiger partial charge >= 0.3 is 0 Å². The standard InChI is InChI=1S/C11H16N2/c1-9-2-5-11(13-6-9)8-12-7-10-3-4-10/h2,5-6,10,12H,3-4,7-8H2,1H3. The highest BCUT2D eigenvalue weighted by molar-refractivity contribution is 5.11. The van der Waals surface area contributed by atoms with Crippen LogP contribution in [0.4, 0.5) is 0 Å². The van der Waals surface area contributed by atoms with Crippen LogP contribution in [0, 0.1) is 12.8 Å². The van der Waals surface area contributed by atoms with E-state index in [1.54, 1.807) is 0 Å². The van der Waals surface area contributed by atoms with Crippen LogP contribution in [0.1, 0.15) is 24.1 Å². The number of pyridine rings is 1. The van der Waals surface area contributed by atoms with Gasteiger partial charge in [-0.2, -0.15) is 0 Å². The van der Waals surface area contributed by atoms with Gasteiger partial charge < -0.3 is 5.32 Å². The Hall–Kier alpha value is -0.890. The smallest absolute Gasteiger partial charge is 0.0541 e. The summed E-state index contributed by atoms with van der Waals surface area (Å²) in [6.45, 7) is 4.14. The summed E-state index contributed by atoms with van der Waals surface area (Å²) < 4.78 is 0. The molecule has 0 aliphatic heterocycles. The van der Waals surface area contributed by atoms with Gasteiger partial charge in [0, 0.05) is 12.7 Å². The van der Waals surface area contributed by atoms with Crippen LogP contribution in [-0.2, 0) is 6.54 Å². The molecule has 0 unspecified atom stereocenters. The Labute approximate surface area is 79.4 Å². The van der Waals surface area contributed by atoms with E-state index in [0.717, 1.165) is 24.7 Å². The van der Waals surface area contributed by atoms with E-state index >= 15 is 0 Å². The molecule has 2 rings (SSSR count). The molecule has 0 saturated heterocycles. The lowest BCUT2D eigenvalue weighted by atomic mass is 10.3. The third-order valence-electron chi connectivity index (χ3n) is 2.41. The molecule has 0 aromatic carbocycles. The topological polar surface area (TPSA) is 24.9 Å². The van der Waals surface area contributed by atoms with Crippen molar-refractivity contribution < 1.29 is 0 Å². The molecule has 1 fully saturated rings. The number of nitrogens with one attached hydrogen (secondary N) is 1. The van der Waals surface area contributed by atoms with E-state index in [0.29, 0.717) is 0 Å². The fourth-order valence-electron chi connectivity index (χ4n) is 1.33. The Morgan fingerprint density at radius 1 is 1.46 bits per heavy atom. The van der Waals surface area contributed by atoms with Gasteiger partial charge in [0.05, 0.1) is 5.69 Å². The van der Waals surface area contributed by atoms with Crippen molar-refractivity contribution in [1.29, 1.82) is 0 Å². The van der Waals surface area contributed by atoms with Crippen LogP contribution in [0.3, 0.4) is 0 Å². The summed E-state index contributed by atoms with van der Waals surface area (Å²) >= 11 is 0. The minimum absolute atomic E-state index is 0.913. The maximum atomic E-state index is 4.33. The SMILES string of the molecule is Cc1ccc(CNCC2CC2)nc1. The van der Waals surface area contributed by atoms with Crippen molar-refractivity contribution >= 4 is 0 Å². The number of aryl methyl sites for hydroxylation is 1. The largest absolute Gasteiger partial charge is 0.311 e. The molecule has 1 N–H and O–H groups in total. The second-order valence-electron chi connectivity index (χ2n) is 3.90. The van der Waals surface area contributed by atoms with Crippen LogP contribution >= 0.6 is 0 Å². The van der Waals surface area contributed by atoms with Crippen LogP contribution in [-0.4, -0.2) is 11.5 Å². The second kappa shape index (κ2) is 3.88. The number of rotatable bonds is 4. The fraction of sp³-hybridized carbons (Fsp3) is 0.545. The molecule has 13 heavy (non-hydrogen) atoms. The lowest BCUT2D eigenvalue weighted by Crippen LogP contribution is -2.16. The first kappa shape index (κ1) is 8.70. The van der Waals surface area contributed by atoms with Gasteiger partial charge in [0.25, 0.3) is 0 Å². The van der Waals surface area contributed by atoms with Crippen LogP contribution < -0.4 is 5.32 Å². The van der Waals surface area contributed by atoms with E-state index in [9.17, 15) is 0 Å². The third-order valence-corrected chi connectivity index (χ3v) is 2.41. The van der Waals surface area contributed by atoms with Crippen molar-refractivity contribution in [2.45, 2.75) is 26.3 Å². The zero-order valence-electron chi connectivity index (χ0n) is 8.09. The number of hydrogen-bond acceptors (Lipinski definition) is 2. The van der Waals surface area contributed by atoms with Gasteiger partial charge in [-0.3, -0.25) is 4.98 Å². The molecule has 1 aromatic heterocycles. The predicted molar refractivity (Wildman–Crippen MR) is 53.4 cm³/mol. The Morgan fingerprint density at radius 2 is 2.31 bits per heavy atom. The summed E-state index contributed by atoms with van der Waals surface area (Å²) in [6.07, 6.45) is 4.75. The van der Waals surface area contributed by atoms with Crippen molar-refractivity contribution in [2.24, 2.45) is 5.92 Å². The molecule has 1 heterocycles. The summed E-state index contributed by atoms with van der Waals surface area (Å²) in [5.74, 6) is 0.949. The highest BCUT2D eigenvalue weighted by Crippen LogP contribution is 2.27. The van der Waals surface area contributed by atoms with Gasteiger partial charge in [-0.05, 0) is 43.9 Å². The minimum Gasteiger partial charge on any atom is -0.311 e. The van der Waals surface area contributed by atoms with E-state index in [-0.39, 0.29) is 0 Å². The summed E-state index contributed by atoms with van der Waals surface area (Å²) in [7, 11) is 0. The van der Waals surface area contributed by atoms with Crippen molar-refractivity contribution in [1.82, 2.24) is 10.3 Å². The van der Waals surface area contributed by atoms with Gasteiger partial charge in [0.15, 0.2) is 0 Å². The second-order valence-corrected chi connectivity index (χ2v) is 3.90. The van der Waals surface area contributed by atoms with E-state index in [1.165, 1.54) is 18.4 Å². The molecule has 1 saturated carbocycles. The predicted octanol–water partition coefficient (Wildman–Crippen LogP) is 1.89. The minimum atomic E-state index is 0.913. The fourth-order valence-corrected chi connectivity index (χ4v) is 1.33. The zero-order chi connectivity index (χ0) is 9.10. The van der Waals surface area contributed by atoms with Crippen LogP contribution in [0.15, 0.2) is 18.3 Å². The summed E-state index contributed by atoms with van der Waals surface area (Å²) in [5.41, 5.74) is 2.37. The van der Waals surface area contributed by atoms with E-state index in [4.69, 9.17) is 0 Å². The lowest BCUT2D eigenvalue weighted by molar-refractivity contribution is 0.630. The zero-order valence-corrected chi connectivity index (χ0v) is 8.09. The van der Waals surface area contributed by atoms with Gasteiger partial charge in [0.2, 0.25) is 0 Å². The summed E-state index contributed by atoms with van der Waals surface area (Å²) in [4.78, 5) is 4.33. The Balaban J connectivity index is 1.76. The molecule has 1 aromatic rings. The molecule has 0 spiro atoms. The molecule has 0 amide bonds. The Kier molecular flexibility index (Phi) is 2.60. The van der Waals surface area contributed by atoms with Crippen molar-refractivity contribution in [3.63, 3.8) is 0 Å². The highest BCUT2D eigenvalue weighted by Gasteiger charge is 2.19. The van der Waals surface area contributed by atoms with Crippen LogP contribution in [0.25, 0.3) is 0 Å². The van der Waals surface area contributed by atoms with E-state index in [1.807, 2.05) is 6.20 Å². The monoisotopic (exact) mass is 176 g/mol. The van der Waals surface area contributed by atoms with Gasteiger partial charge in [0.1, 0.15) is 0 Å². The molecule has 2 heteroatoms. The van der Waals surface area contributed by atoms with Gasteiger partial charge in [-0.25, -0.2) is 0 Å². The van der Waals surface area contributed by atoms with Crippen molar-refractivity contribution in [3.8, 4) is 0 Å². The molecule has 2 nitrogen and oxygen atoms in total. The molecule has 1 aliphatic carbocycles. The Morgan fingerprint density at radius 3 is 2.92 bits per heavy atom. The van der Waals surface area contributed by atoms with Crippen LogP contribution in [0.5, 0.6) is 0 Å². The van der Waals surface area contributed by atoms with Crippen molar-refractivity contribution in [3.05, 3.63) is 29.6 Å². The maximum absolute atomic E-state index is 4.33. The summed E-state index contributed by atoms with van der Waals surface area (Å²) in [5, 5.41) is 3.42. The molecule has 70 valence electrons. The number of hydrogen-bond donors (Lipinski definition) is 1. The first-order chi connectivity index (χ1) is 6.34. The average Bonchev–Trinajstić information content (AvgIpc) is 2.92. The van der Waals surface area contributed by atoms with Crippen molar-refractivity contribution in [2.75, 3.05) is 6.54 Å². The van der Waals surface area contributed by atoms with E-state index in [2.05, 4.69) is 29.4 Å². The highest BCUT2D eigenvalue weighted by atomic mass is 14.9. The van der Waals surface area contributed by atoms with Gasteiger partial charge in [-0.15, -0.1) is 0 Å². The van der Waals surface area contributed by atoms with Gasteiger partial charge in [-0.1, -0.05) is 6.07 Å². The first-order valence-electron chi connectivity index (χ1n) is 4.97. The third kappa shape index (κ3) is 2.81. The lowest BCUT2D eigenvalue weighted by Gasteiger charge is -2.02. The Bertz CT molecular complexity index is 262. The molecule has 0 bridgehead atoms. The number of nitrogens with zero attached hydrogens (tertiary/aromatic N) is 1. The summed E-state index contributed by atoms with van der Waals surface area (Å²) in [6, 6.07) is 4.20. The molecular formula is C11H16N2. The first-order valence-corrected chi connectivity index (χ1v) is 4.97. The number of aromatic nitrogens is 1. The molecule has 1 aliphatic rings. The quantitative estimate of drug-likeness (QED) is 0.757. The average molecular weight is 176 g/mol. The molecule has 0 radical (unpaired) electrons. The van der Waals surface area contributed by atoms with E-state index < -0.39 is 0 Å². The van der Waals surface area contributed by atoms with Crippen LogP contribution in [0.2, 0.25) is 0 Å². The maximum Gasteiger partial charge on any atom is 0.0541 e. The molecular weight excluding hydrogens is 160 g/mol. The normalized spacial score (nSPS) is 16.1. The molecule has 0 atom stereocenters.